The monoisotopic (exact) mass is 381 g/mol. The van der Waals surface area contributed by atoms with Crippen LogP contribution in [0, 0.1) is 5.92 Å². The van der Waals surface area contributed by atoms with Gasteiger partial charge in [0, 0.05) is 43.3 Å². The van der Waals surface area contributed by atoms with Gasteiger partial charge in [-0.2, -0.15) is 0 Å². The molecular weight excluding hydrogens is 358 g/mol. The highest BCUT2D eigenvalue weighted by Crippen LogP contribution is 2.23. The Hall–Kier alpha value is -2.54. The highest BCUT2D eigenvalue weighted by molar-refractivity contribution is 7.98. The minimum absolute atomic E-state index is 0.0268. The maximum atomic E-state index is 12.6. The summed E-state index contributed by atoms with van der Waals surface area (Å²) in [7, 11) is 2.01. The summed E-state index contributed by atoms with van der Waals surface area (Å²) in [6.45, 7) is 1.53. The molecule has 0 aliphatic carbocycles. The van der Waals surface area contributed by atoms with Gasteiger partial charge in [-0.3, -0.25) is 0 Å². The Balaban J connectivity index is 1.37. The van der Waals surface area contributed by atoms with Crippen molar-refractivity contribution in [2.75, 3.05) is 24.7 Å². The van der Waals surface area contributed by atoms with Crippen molar-refractivity contribution < 1.29 is 4.79 Å². The van der Waals surface area contributed by atoms with Gasteiger partial charge >= 0.3 is 6.03 Å². The van der Waals surface area contributed by atoms with Gasteiger partial charge in [0.1, 0.15) is 11.3 Å². The fraction of sp³-hybridized carbons (Fsp3) is 0.350. The quantitative estimate of drug-likeness (QED) is 0.699. The number of hydrogen-bond donors (Lipinski definition) is 1. The SMILES string of the molecule is CSc1ccc(NC(=O)N2CCC(Cc3nc4cccnc4n3C)C2)cc1. The van der Waals surface area contributed by atoms with Crippen LogP contribution in [0.4, 0.5) is 10.5 Å². The van der Waals surface area contributed by atoms with E-state index >= 15 is 0 Å². The largest absolute Gasteiger partial charge is 0.324 e. The molecule has 7 heteroatoms. The molecule has 3 heterocycles. The van der Waals surface area contributed by atoms with Crippen LogP contribution in [0.3, 0.4) is 0 Å². The third-order valence-corrected chi connectivity index (χ3v) is 5.85. The summed E-state index contributed by atoms with van der Waals surface area (Å²) >= 11 is 1.69. The number of imidazole rings is 1. The second kappa shape index (κ2) is 7.60. The number of amides is 2. The molecule has 1 saturated heterocycles. The number of rotatable bonds is 4. The van der Waals surface area contributed by atoms with Crippen molar-refractivity contribution in [1.29, 1.82) is 0 Å². The van der Waals surface area contributed by atoms with E-state index in [0.717, 1.165) is 48.6 Å². The molecule has 2 amide bonds. The smallest absolute Gasteiger partial charge is 0.321 e. The predicted molar refractivity (Wildman–Crippen MR) is 109 cm³/mol. The molecule has 1 aromatic carbocycles. The zero-order chi connectivity index (χ0) is 18.8. The molecule has 1 fully saturated rings. The average Bonchev–Trinajstić information content (AvgIpc) is 3.28. The maximum Gasteiger partial charge on any atom is 0.321 e. The molecule has 1 aliphatic rings. The molecule has 1 N–H and O–H groups in total. The fourth-order valence-electron chi connectivity index (χ4n) is 3.57. The molecule has 27 heavy (non-hydrogen) atoms. The van der Waals surface area contributed by atoms with Crippen molar-refractivity contribution in [3.63, 3.8) is 0 Å². The van der Waals surface area contributed by atoms with Crippen molar-refractivity contribution >= 4 is 34.6 Å². The Kier molecular flexibility index (Phi) is 5.03. The highest BCUT2D eigenvalue weighted by atomic mass is 32.2. The molecule has 0 radical (unpaired) electrons. The molecule has 140 valence electrons. The van der Waals surface area contributed by atoms with E-state index in [4.69, 9.17) is 4.98 Å². The van der Waals surface area contributed by atoms with E-state index in [0.29, 0.717) is 5.92 Å². The molecule has 1 aliphatic heterocycles. The zero-order valence-corrected chi connectivity index (χ0v) is 16.4. The third-order valence-electron chi connectivity index (χ3n) is 5.11. The number of nitrogens with zero attached hydrogens (tertiary/aromatic N) is 4. The van der Waals surface area contributed by atoms with Crippen molar-refractivity contribution in [3.8, 4) is 0 Å². The van der Waals surface area contributed by atoms with Crippen LogP contribution in [0.1, 0.15) is 12.2 Å². The Morgan fingerprint density at radius 3 is 2.85 bits per heavy atom. The molecular formula is C20H23N5OS. The maximum absolute atomic E-state index is 12.6. The lowest BCUT2D eigenvalue weighted by atomic mass is 10.0. The predicted octanol–water partition coefficient (Wildman–Crippen LogP) is 3.79. The number of pyridine rings is 1. The first-order valence-electron chi connectivity index (χ1n) is 9.10. The van der Waals surface area contributed by atoms with Gasteiger partial charge in [0.2, 0.25) is 0 Å². The lowest BCUT2D eigenvalue weighted by Gasteiger charge is -2.17. The normalized spacial score (nSPS) is 16.8. The van der Waals surface area contributed by atoms with Gasteiger partial charge in [-0.05, 0) is 55.0 Å². The Morgan fingerprint density at radius 2 is 2.11 bits per heavy atom. The number of urea groups is 1. The lowest BCUT2D eigenvalue weighted by Crippen LogP contribution is -2.33. The van der Waals surface area contributed by atoms with Gasteiger partial charge in [0.15, 0.2) is 5.65 Å². The molecule has 6 nitrogen and oxygen atoms in total. The van der Waals surface area contributed by atoms with Gasteiger partial charge in [-0.15, -0.1) is 11.8 Å². The standard InChI is InChI=1S/C20H23N5OS/c1-24-18(23-17-4-3-10-21-19(17)24)12-14-9-11-25(13-14)20(26)22-15-5-7-16(27-2)8-6-15/h3-8,10,14H,9,11-13H2,1-2H3,(H,22,26). The summed E-state index contributed by atoms with van der Waals surface area (Å²) in [6.07, 6.45) is 5.69. The molecule has 1 atom stereocenters. The minimum atomic E-state index is -0.0268. The molecule has 0 saturated carbocycles. The molecule has 4 rings (SSSR count). The van der Waals surface area contributed by atoms with E-state index in [1.54, 1.807) is 18.0 Å². The number of aromatic nitrogens is 3. The van der Waals surface area contributed by atoms with Crippen molar-refractivity contribution in [2.24, 2.45) is 13.0 Å². The summed E-state index contributed by atoms with van der Waals surface area (Å²) < 4.78 is 2.06. The topological polar surface area (TPSA) is 63.1 Å². The van der Waals surface area contributed by atoms with Crippen molar-refractivity contribution in [2.45, 2.75) is 17.7 Å². The van der Waals surface area contributed by atoms with E-state index in [-0.39, 0.29) is 6.03 Å². The number of nitrogens with one attached hydrogen (secondary N) is 1. The average molecular weight is 382 g/mol. The molecule has 0 bridgehead atoms. The summed E-state index contributed by atoms with van der Waals surface area (Å²) in [5.41, 5.74) is 2.67. The number of likely N-dealkylation sites (tertiary alicyclic amines) is 1. The first-order chi connectivity index (χ1) is 13.1. The van der Waals surface area contributed by atoms with Gasteiger partial charge in [0.05, 0.1) is 0 Å². The number of thioether (sulfide) groups is 1. The second-order valence-electron chi connectivity index (χ2n) is 6.90. The van der Waals surface area contributed by atoms with Crippen LogP contribution in [0.2, 0.25) is 0 Å². The number of aryl methyl sites for hydroxylation is 1. The first-order valence-corrected chi connectivity index (χ1v) is 10.3. The first kappa shape index (κ1) is 17.9. The van der Waals surface area contributed by atoms with Crippen LogP contribution in [-0.2, 0) is 13.5 Å². The summed E-state index contributed by atoms with van der Waals surface area (Å²) in [5.74, 6) is 1.45. The van der Waals surface area contributed by atoms with E-state index in [1.165, 1.54) is 4.90 Å². The van der Waals surface area contributed by atoms with E-state index in [9.17, 15) is 4.79 Å². The Labute approximate surface area is 163 Å². The lowest BCUT2D eigenvalue weighted by molar-refractivity contribution is 0.220. The van der Waals surface area contributed by atoms with E-state index in [2.05, 4.69) is 14.9 Å². The van der Waals surface area contributed by atoms with Crippen LogP contribution in [-0.4, -0.2) is 44.8 Å². The van der Waals surface area contributed by atoms with E-state index < -0.39 is 0 Å². The Bertz CT molecular complexity index is 953. The zero-order valence-electron chi connectivity index (χ0n) is 15.6. The van der Waals surface area contributed by atoms with Crippen LogP contribution in [0.15, 0.2) is 47.5 Å². The molecule has 0 spiro atoms. The van der Waals surface area contributed by atoms with Crippen LogP contribution < -0.4 is 5.32 Å². The number of hydrogen-bond acceptors (Lipinski definition) is 4. The minimum Gasteiger partial charge on any atom is -0.324 e. The highest BCUT2D eigenvalue weighted by Gasteiger charge is 2.27. The van der Waals surface area contributed by atoms with Gasteiger partial charge in [-0.25, -0.2) is 14.8 Å². The molecule has 1 unspecified atom stereocenters. The number of anilines is 1. The molecule has 2 aromatic heterocycles. The summed E-state index contributed by atoms with van der Waals surface area (Å²) in [5, 5.41) is 3.00. The number of carbonyl (C=O) groups is 1. The van der Waals surface area contributed by atoms with Crippen LogP contribution in [0.25, 0.3) is 11.2 Å². The molecule has 3 aromatic rings. The summed E-state index contributed by atoms with van der Waals surface area (Å²) in [4.78, 5) is 24.7. The summed E-state index contributed by atoms with van der Waals surface area (Å²) in [6, 6.07) is 11.8. The fourth-order valence-corrected chi connectivity index (χ4v) is 3.98. The third kappa shape index (κ3) is 3.78. The van der Waals surface area contributed by atoms with Crippen LogP contribution in [0.5, 0.6) is 0 Å². The van der Waals surface area contributed by atoms with Crippen molar-refractivity contribution in [3.05, 3.63) is 48.4 Å². The number of benzene rings is 1. The van der Waals surface area contributed by atoms with Crippen LogP contribution >= 0.6 is 11.8 Å². The van der Waals surface area contributed by atoms with Gasteiger partial charge < -0.3 is 14.8 Å². The van der Waals surface area contributed by atoms with E-state index in [1.807, 2.05) is 54.6 Å². The van der Waals surface area contributed by atoms with Gasteiger partial charge in [0.25, 0.3) is 0 Å². The second-order valence-corrected chi connectivity index (χ2v) is 7.78. The van der Waals surface area contributed by atoms with Gasteiger partial charge in [-0.1, -0.05) is 0 Å². The number of carbonyl (C=O) groups excluding carboxylic acids is 1. The van der Waals surface area contributed by atoms with Crippen molar-refractivity contribution in [1.82, 2.24) is 19.4 Å². The number of fused-ring (bicyclic) bond motifs is 1. The Morgan fingerprint density at radius 1 is 1.30 bits per heavy atom.